The second-order valence-electron chi connectivity index (χ2n) is 3.87. The number of Topliss-reactive ketones (excluding diaryl/α,β-unsaturated/α-hetero) is 1. The second kappa shape index (κ2) is 4.43. The molecule has 1 aromatic rings. The van der Waals surface area contributed by atoms with Crippen molar-refractivity contribution in [3.63, 3.8) is 0 Å². The van der Waals surface area contributed by atoms with Crippen molar-refractivity contribution in [1.29, 1.82) is 0 Å². The summed E-state index contributed by atoms with van der Waals surface area (Å²) in [5.74, 6) is -0.234. The van der Waals surface area contributed by atoms with E-state index in [4.69, 9.17) is 0 Å². The molecule has 4 heteroatoms. The van der Waals surface area contributed by atoms with Gasteiger partial charge in [0, 0.05) is 12.6 Å². The van der Waals surface area contributed by atoms with Gasteiger partial charge in [-0.15, -0.1) is 0 Å². The molecule has 4 nitrogen and oxygen atoms in total. The van der Waals surface area contributed by atoms with Gasteiger partial charge in [-0.2, -0.15) is 0 Å². The minimum absolute atomic E-state index is 0.0771. The Bertz CT molecular complexity index is 411. The van der Waals surface area contributed by atoms with E-state index in [9.17, 15) is 9.59 Å². The Kier molecular flexibility index (Phi) is 2.99. The van der Waals surface area contributed by atoms with Crippen LogP contribution in [0.5, 0.6) is 0 Å². The molecule has 1 aliphatic carbocycles. The molecule has 16 heavy (non-hydrogen) atoms. The Morgan fingerprint density at radius 3 is 2.81 bits per heavy atom. The third-order valence-corrected chi connectivity index (χ3v) is 2.87. The molecule has 0 bridgehead atoms. The first-order valence-corrected chi connectivity index (χ1v) is 5.29. The van der Waals surface area contributed by atoms with Crippen molar-refractivity contribution >= 4 is 11.8 Å². The van der Waals surface area contributed by atoms with E-state index in [1.807, 2.05) is 0 Å². The first kappa shape index (κ1) is 10.8. The SMILES string of the molecule is COC(=O)c1ccc(C2CCCC2=O)nc1. The highest BCUT2D eigenvalue weighted by Crippen LogP contribution is 2.29. The fraction of sp³-hybridized carbons (Fsp3) is 0.417. The molecule has 1 fully saturated rings. The van der Waals surface area contributed by atoms with Crippen molar-refractivity contribution in [1.82, 2.24) is 4.98 Å². The van der Waals surface area contributed by atoms with Gasteiger partial charge in [0.1, 0.15) is 5.78 Å². The van der Waals surface area contributed by atoms with Crippen molar-refractivity contribution in [2.24, 2.45) is 0 Å². The van der Waals surface area contributed by atoms with Crippen LogP contribution >= 0.6 is 0 Å². The number of carbonyl (C=O) groups excluding carboxylic acids is 2. The minimum atomic E-state index is -0.406. The molecule has 1 atom stereocenters. The summed E-state index contributed by atoms with van der Waals surface area (Å²) < 4.78 is 4.58. The molecular weight excluding hydrogens is 206 g/mol. The van der Waals surface area contributed by atoms with Crippen molar-refractivity contribution in [3.8, 4) is 0 Å². The molecule has 0 spiro atoms. The average Bonchev–Trinajstić information content (AvgIpc) is 2.75. The zero-order valence-electron chi connectivity index (χ0n) is 9.10. The number of pyridine rings is 1. The molecule has 1 aromatic heterocycles. The van der Waals surface area contributed by atoms with Crippen LogP contribution in [0.15, 0.2) is 18.3 Å². The van der Waals surface area contributed by atoms with Gasteiger partial charge in [-0.3, -0.25) is 9.78 Å². The van der Waals surface area contributed by atoms with Crippen LogP contribution < -0.4 is 0 Å². The van der Waals surface area contributed by atoms with Crippen LogP contribution in [0.4, 0.5) is 0 Å². The average molecular weight is 219 g/mol. The third-order valence-electron chi connectivity index (χ3n) is 2.87. The van der Waals surface area contributed by atoms with Gasteiger partial charge in [-0.1, -0.05) is 0 Å². The maximum atomic E-state index is 11.5. The van der Waals surface area contributed by atoms with Gasteiger partial charge < -0.3 is 4.74 Å². The molecule has 0 aliphatic heterocycles. The Morgan fingerprint density at radius 1 is 1.50 bits per heavy atom. The molecule has 1 unspecified atom stereocenters. The fourth-order valence-electron chi connectivity index (χ4n) is 1.98. The molecule has 0 radical (unpaired) electrons. The predicted molar refractivity (Wildman–Crippen MR) is 57.2 cm³/mol. The number of ketones is 1. The Morgan fingerprint density at radius 2 is 2.31 bits per heavy atom. The summed E-state index contributed by atoms with van der Waals surface area (Å²) >= 11 is 0. The van der Waals surface area contributed by atoms with Crippen LogP contribution in [0.2, 0.25) is 0 Å². The lowest BCUT2D eigenvalue weighted by molar-refractivity contribution is -0.118. The number of carbonyl (C=O) groups is 2. The monoisotopic (exact) mass is 219 g/mol. The fourth-order valence-corrected chi connectivity index (χ4v) is 1.98. The van der Waals surface area contributed by atoms with Crippen molar-refractivity contribution < 1.29 is 14.3 Å². The number of hydrogen-bond acceptors (Lipinski definition) is 4. The van der Waals surface area contributed by atoms with Gasteiger partial charge in [0.05, 0.1) is 24.3 Å². The van der Waals surface area contributed by atoms with Gasteiger partial charge in [0.15, 0.2) is 0 Å². The third kappa shape index (κ3) is 1.96. The molecule has 1 saturated carbocycles. The van der Waals surface area contributed by atoms with E-state index in [2.05, 4.69) is 9.72 Å². The highest BCUT2D eigenvalue weighted by molar-refractivity contribution is 5.89. The van der Waals surface area contributed by atoms with E-state index in [0.717, 1.165) is 18.5 Å². The highest BCUT2D eigenvalue weighted by atomic mass is 16.5. The molecule has 0 amide bonds. The highest BCUT2D eigenvalue weighted by Gasteiger charge is 2.27. The first-order valence-electron chi connectivity index (χ1n) is 5.29. The van der Waals surface area contributed by atoms with Crippen molar-refractivity contribution in [2.75, 3.05) is 7.11 Å². The second-order valence-corrected chi connectivity index (χ2v) is 3.87. The van der Waals surface area contributed by atoms with E-state index in [-0.39, 0.29) is 11.7 Å². The normalized spacial score (nSPS) is 19.8. The molecular formula is C12H13NO3. The number of hydrogen-bond donors (Lipinski definition) is 0. The lowest BCUT2D eigenvalue weighted by atomic mass is 10.0. The number of rotatable bonds is 2. The summed E-state index contributed by atoms with van der Waals surface area (Å²) in [4.78, 5) is 26.9. The van der Waals surface area contributed by atoms with E-state index in [1.165, 1.54) is 13.3 Å². The van der Waals surface area contributed by atoms with Gasteiger partial charge in [0.2, 0.25) is 0 Å². The molecule has 1 aliphatic rings. The van der Waals surface area contributed by atoms with E-state index in [1.54, 1.807) is 12.1 Å². The largest absolute Gasteiger partial charge is 0.465 e. The summed E-state index contributed by atoms with van der Waals surface area (Å²) in [6, 6.07) is 3.39. The van der Waals surface area contributed by atoms with Crippen LogP contribution in [0, 0.1) is 0 Å². The molecule has 0 saturated heterocycles. The molecule has 84 valence electrons. The van der Waals surface area contributed by atoms with Crippen molar-refractivity contribution in [2.45, 2.75) is 25.2 Å². The Labute approximate surface area is 93.6 Å². The summed E-state index contributed by atoms with van der Waals surface area (Å²) in [6.07, 6.45) is 3.91. The van der Waals surface area contributed by atoms with Crippen LogP contribution in [-0.4, -0.2) is 23.8 Å². The summed E-state index contributed by atoms with van der Waals surface area (Å²) in [6.45, 7) is 0. The van der Waals surface area contributed by atoms with Crippen LogP contribution in [0.3, 0.4) is 0 Å². The smallest absolute Gasteiger partial charge is 0.339 e. The molecule has 1 heterocycles. The van der Waals surface area contributed by atoms with E-state index < -0.39 is 5.97 Å². The zero-order chi connectivity index (χ0) is 11.5. The molecule has 2 rings (SSSR count). The van der Waals surface area contributed by atoms with Gasteiger partial charge in [-0.25, -0.2) is 4.79 Å². The molecule has 0 aromatic carbocycles. The predicted octanol–water partition coefficient (Wildman–Crippen LogP) is 1.70. The van der Waals surface area contributed by atoms with E-state index in [0.29, 0.717) is 12.0 Å². The van der Waals surface area contributed by atoms with Crippen LogP contribution in [0.1, 0.15) is 41.2 Å². The number of ether oxygens (including phenoxy) is 1. The van der Waals surface area contributed by atoms with Gasteiger partial charge in [-0.05, 0) is 25.0 Å². The minimum Gasteiger partial charge on any atom is -0.465 e. The van der Waals surface area contributed by atoms with E-state index >= 15 is 0 Å². The molecule has 0 N–H and O–H groups in total. The van der Waals surface area contributed by atoms with Crippen molar-refractivity contribution in [3.05, 3.63) is 29.6 Å². The Balaban J connectivity index is 2.19. The maximum Gasteiger partial charge on any atom is 0.339 e. The van der Waals surface area contributed by atoms with Gasteiger partial charge in [0.25, 0.3) is 0 Å². The number of esters is 1. The number of nitrogens with zero attached hydrogens (tertiary/aromatic N) is 1. The Hall–Kier alpha value is -1.71. The van der Waals surface area contributed by atoms with Crippen LogP contribution in [-0.2, 0) is 9.53 Å². The van der Waals surface area contributed by atoms with Gasteiger partial charge >= 0.3 is 5.97 Å². The summed E-state index contributed by atoms with van der Waals surface area (Å²) in [5.41, 5.74) is 1.17. The topological polar surface area (TPSA) is 56.3 Å². The number of methoxy groups -OCH3 is 1. The standard InChI is InChI=1S/C12H13NO3/c1-16-12(15)8-5-6-10(13-7-8)9-3-2-4-11(9)14/h5-7,9H,2-4H2,1H3. The summed E-state index contributed by atoms with van der Waals surface area (Å²) in [5, 5.41) is 0. The lowest BCUT2D eigenvalue weighted by Crippen LogP contribution is -2.08. The zero-order valence-corrected chi connectivity index (χ0v) is 9.10. The number of aromatic nitrogens is 1. The first-order chi connectivity index (χ1) is 7.72. The quantitative estimate of drug-likeness (QED) is 0.710. The summed E-state index contributed by atoms with van der Waals surface area (Å²) in [7, 11) is 1.33. The lowest BCUT2D eigenvalue weighted by Gasteiger charge is -2.07. The maximum absolute atomic E-state index is 11.5. The van der Waals surface area contributed by atoms with Crippen LogP contribution in [0.25, 0.3) is 0 Å².